The van der Waals surface area contributed by atoms with Gasteiger partial charge in [0.2, 0.25) is 0 Å². The van der Waals surface area contributed by atoms with Crippen molar-refractivity contribution in [2.45, 2.75) is 12.3 Å². The smallest absolute Gasteiger partial charge is 0.122 e. The third-order valence-corrected chi connectivity index (χ3v) is 6.00. The second-order valence-corrected chi connectivity index (χ2v) is 7.91. The number of rotatable bonds is 2. The highest BCUT2D eigenvalue weighted by molar-refractivity contribution is 5.88. The summed E-state index contributed by atoms with van der Waals surface area (Å²) >= 11 is 0. The first-order chi connectivity index (χ1) is 14.8. The Morgan fingerprint density at radius 1 is 0.800 bits per heavy atom. The highest BCUT2D eigenvalue weighted by atomic mass is 16.5. The van der Waals surface area contributed by atoms with Crippen LogP contribution in [-0.4, -0.2) is 16.6 Å². The average Bonchev–Trinajstić information content (AvgIpc) is 2.82. The molecule has 1 aliphatic heterocycles. The van der Waals surface area contributed by atoms with E-state index in [0.29, 0.717) is 12.5 Å². The molecule has 0 bridgehead atoms. The van der Waals surface area contributed by atoms with Crippen molar-refractivity contribution in [3.05, 3.63) is 102 Å². The first-order valence-electron chi connectivity index (χ1n) is 10.3. The minimum atomic E-state index is 0.349. The van der Waals surface area contributed by atoms with Gasteiger partial charge in [-0.1, -0.05) is 48.5 Å². The molecule has 1 atom stereocenters. The van der Waals surface area contributed by atoms with E-state index >= 15 is 0 Å². The van der Waals surface area contributed by atoms with Gasteiger partial charge in [0.25, 0.3) is 0 Å². The molecule has 3 heteroatoms. The molecular weight excluding hydrogens is 368 g/mol. The summed E-state index contributed by atoms with van der Waals surface area (Å²) in [6.45, 7) is 0.708. The fourth-order valence-electron chi connectivity index (χ4n) is 4.34. The molecule has 0 fully saturated rings. The van der Waals surface area contributed by atoms with Crippen LogP contribution < -0.4 is 4.74 Å². The molecule has 30 heavy (non-hydrogen) atoms. The zero-order valence-corrected chi connectivity index (χ0v) is 16.5. The van der Waals surface area contributed by atoms with Crippen molar-refractivity contribution in [2.24, 2.45) is 0 Å². The van der Waals surface area contributed by atoms with Gasteiger partial charge in [-0.15, -0.1) is 0 Å². The maximum Gasteiger partial charge on any atom is 0.122 e. The summed E-state index contributed by atoms with van der Waals surface area (Å²) in [5.41, 5.74) is 5.67. The summed E-state index contributed by atoms with van der Waals surface area (Å²) in [7, 11) is 0. The molecule has 3 nitrogen and oxygen atoms in total. The van der Waals surface area contributed by atoms with Crippen LogP contribution in [0.3, 0.4) is 0 Å². The van der Waals surface area contributed by atoms with E-state index in [0.717, 1.165) is 39.7 Å². The molecule has 1 aliphatic rings. The second-order valence-electron chi connectivity index (χ2n) is 7.91. The summed E-state index contributed by atoms with van der Waals surface area (Å²) in [6, 6.07) is 27.6. The number of ether oxygens (including phenoxy) is 1. The topological polar surface area (TPSA) is 35.0 Å². The van der Waals surface area contributed by atoms with Crippen LogP contribution in [0.1, 0.15) is 17.0 Å². The van der Waals surface area contributed by atoms with Crippen LogP contribution in [0.5, 0.6) is 5.75 Å². The SMILES string of the molecule is c1ccc2c(c1)CC(c1ccc3ccc(-c4ccc5ccncc5c4)nc3c1)CO2. The van der Waals surface area contributed by atoms with E-state index < -0.39 is 0 Å². The minimum Gasteiger partial charge on any atom is -0.493 e. The number of aromatic nitrogens is 2. The molecule has 2 aromatic heterocycles. The maximum atomic E-state index is 6.01. The fourth-order valence-corrected chi connectivity index (χ4v) is 4.34. The summed E-state index contributed by atoms with van der Waals surface area (Å²) in [4.78, 5) is 9.24. The van der Waals surface area contributed by atoms with Crippen molar-refractivity contribution < 1.29 is 4.74 Å². The van der Waals surface area contributed by atoms with Crippen LogP contribution in [0.25, 0.3) is 32.9 Å². The van der Waals surface area contributed by atoms with Gasteiger partial charge in [0.15, 0.2) is 0 Å². The van der Waals surface area contributed by atoms with Crippen molar-refractivity contribution in [3.8, 4) is 17.0 Å². The maximum absolute atomic E-state index is 6.01. The normalized spacial score (nSPS) is 15.7. The van der Waals surface area contributed by atoms with E-state index in [4.69, 9.17) is 9.72 Å². The average molecular weight is 388 g/mol. The minimum absolute atomic E-state index is 0.349. The summed E-state index contributed by atoms with van der Waals surface area (Å²) in [5.74, 6) is 1.36. The van der Waals surface area contributed by atoms with Gasteiger partial charge in [-0.25, -0.2) is 4.98 Å². The van der Waals surface area contributed by atoms with Crippen LogP contribution in [0.4, 0.5) is 0 Å². The zero-order chi connectivity index (χ0) is 19.9. The quantitative estimate of drug-likeness (QED) is 0.363. The van der Waals surface area contributed by atoms with Gasteiger partial charge in [0.1, 0.15) is 5.75 Å². The van der Waals surface area contributed by atoms with E-state index in [1.807, 2.05) is 24.5 Å². The monoisotopic (exact) mass is 388 g/mol. The van der Waals surface area contributed by atoms with Crippen molar-refractivity contribution in [1.29, 1.82) is 0 Å². The summed E-state index contributed by atoms with van der Waals surface area (Å²) < 4.78 is 6.01. The van der Waals surface area contributed by atoms with E-state index in [2.05, 4.69) is 71.7 Å². The van der Waals surface area contributed by atoms with Crippen LogP contribution in [-0.2, 0) is 6.42 Å². The Bertz CT molecular complexity index is 1390. The molecule has 0 N–H and O–H groups in total. The number of nitrogens with zero attached hydrogens (tertiary/aromatic N) is 2. The molecule has 0 saturated heterocycles. The predicted molar refractivity (Wildman–Crippen MR) is 121 cm³/mol. The van der Waals surface area contributed by atoms with Crippen LogP contribution in [0, 0.1) is 0 Å². The van der Waals surface area contributed by atoms with Crippen molar-refractivity contribution in [1.82, 2.24) is 9.97 Å². The lowest BCUT2D eigenvalue weighted by molar-refractivity contribution is 0.263. The predicted octanol–water partition coefficient (Wildman–Crippen LogP) is 6.17. The number of benzene rings is 3. The first kappa shape index (κ1) is 17.2. The molecule has 6 rings (SSSR count). The molecule has 0 amide bonds. The second kappa shape index (κ2) is 6.96. The molecule has 0 radical (unpaired) electrons. The zero-order valence-electron chi connectivity index (χ0n) is 16.5. The molecule has 5 aromatic rings. The molecule has 0 saturated carbocycles. The van der Waals surface area contributed by atoms with Crippen molar-refractivity contribution >= 4 is 21.7 Å². The largest absolute Gasteiger partial charge is 0.493 e. The summed E-state index contributed by atoms with van der Waals surface area (Å²) in [6.07, 6.45) is 4.73. The lowest BCUT2D eigenvalue weighted by Gasteiger charge is -2.25. The molecule has 0 aliphatic carbocycles. The third kappa shape index (κ3) is 3.00. The first-order valence-corrected chi connectivity index (χ1v) is 10.3. The molecule has 3 heterocycles. The Morgan fingerprint density at radius 2 is 1.70 bits per heavy atom. The Kier molecular flexibility index (Phi) is 3.98. The molecule has 3 aromatic carbocycles. The Balaban J connectivity index is 1.38. The van der Waals surface area contributed by atoms with E-state index in [1.165, 1.54) is 16.5 Å². The number of fused-ring (bicyclic) bond motifs is 3. The molecule has 1 unspecified atom stereocenters. The van der Waals surface area contributed by atoms with Crippen LogP contribution in [0.2, 0.25) is 0 Å². The van der Waals surface area contributed by atoms with E-state index in [1.54, 1.807) is 0 Å². The number of pyridine rings is 2. The van der Waals surface area contributed by atoms with Crippen molar-refractivity contribution in [2.75, 3.05) is 6.61 Å². The number of para-hydroxylation sites is 1. The van der Waals surface area contributed by atoms with Crippen molar-refractivity contribution in [3.63, 3.8) is 0 Å². The van der Waals surface area contributed by atoms with Gasteiger partial charge in [0.05, 0.1) is 17.8 Å². The van der Waals surface area contributed by atoms with Crippen LogP contribution >= 0.6 is 0 Å². The Hall–Kier alpha value is -3.72. The summed E-state index contributed by atoms with van der Waals surface area (Å²) in [5, 5.41) is 3.47. The van der Waals surface area contributed by atoms with Gasteiger partial charge >= 0.3 is 0 Å². The number of hydrogen-bond donors (Lipinski definition) is 0. The highest BCUT2D eigenvalue weighted by Gasteiger charge is 2.21. The van der Waals surface area contributed by atoms with Gasteiger partial charge in [-0.05, 0) is 53.3 Å². The lowest BCUT2D eigenvalue weighted by atomic mass is 9.90. The third-order valence-electron chi connectivity index (χ3n) is 6.00. The molecule has 144 valence electrons. The van der Waals surface area contributed by atoms with Gasteiger partial charge in [-0.3, -0.25) is 4.98 Å². The van der Waals surface area contributed by atoms with Gasteiger partial charge in [0, 0.05) is 34.6 Å². The van der Waals surface area contributed by atoms with Crippen LogP contribution in [0.15, 0.2) is 91.3 Å². The van der Waals surface area contributed by atoms with E-state index in [-0.39, 0.29) is 0 Å². The molecule has 0 spiro atoms. The fraction of sp³-hybridized carbons (Fsp3) is 0.111. The molecular formula is C27H20N2O. The Labute approximate surface area is 175 Å². The van der Waals surface area contributed by atoms with Gasteiger partial charge in [-0.2, -0.15) is 0 Å². The number of hydrogen-bond acceptors (Lipinski definition) is 3. The van der Waals surface area contributed by atoms with E-state index in [9.17, 15) is 0 Å². The highest BCUT2D eigenvalue weighted by Crippen LogP contribution is 2.33. The van der Waals surface area contributed by atoms with Gasteiger partial charge < -0.3 is 4.74 Å². The lowest BCUT2D eigenvalue weighted by Crippen LogP contribution is -2.19. The Morgan fingerprint density at radius 3 is 2.70 bits per heavy atom. The standard InChI is InChI=1S/C27H20N2O/c1-2-4-27-22(3-1)14-24(17-30-27)20-7-6-19-9-10-25(29-26(19)15-20)21-8-5-18-11-12-28-16-23(18)13-21/h1-13,15-16,24H,14,17H2.